The number of nitrogens with zero attached hydrogens (tertiary/aromatic N) is 4. The summed E-state index contributed by atoms with van der Waals surface area (Å²) in [6.45, 7) is 0.0715. The summed E-state index contributed by atoms with van der Waals surface area (Å²) in [6.07, 6.45) is 5.41. The summed E-state index contributed by atoms with van der Waals surface area (Å²) in [4.78, 5) is 27.1. The number of aromatic nitrogens is 3. The minimum absolute atomic E-state index is 0.0715. The molecule has 8 nitrogen and oxygen atoms in total. The zero-order valence-electron chi connectivity index (χ0n) is 16.9. The van der Waals surface area contributed by atoms with Crippen molar-refractivity contribution in [3.05, 3.63) is 83.3 Å². The second-order valence-electron chi connectivity index (χ2n) is 7.12. The highest BCUT2D eigenvalue weighted by Crippen LogP contribution is 2.28. The van der Waals surface area contributed by atoms with E-state index < -0.39 is 15.7 Å². The molecule has 0 spiro atoms. The van der Waals surface area contributed by atoms with Gasteiger partial charge in [0.25, 0.3) is 5.91 Å². The van der Waals surface area contributed by atoms with Crippen LogP contribution in [0.2, 0.25) is 5.02 Å². The molecule has 32 heavy (non-hydrogen) atoms. The highest BCUT2D eigenvalue weighted by atomic mass is 35.5. The van der Waals surface area contributed by atoms with E-state index in [9.17, 15) is 13.2 Å². The van der Waals surface area contributed by atoms with Crippen molar-refractivity contribution < 1.29 is 13.2 Å². The Morgan fingerprint density at radius 1 is 1.12 bits per heavy atom. The highest BCUT2D eigenvalue weighted by molar-refractivity contribution is 7.90. The van der Waals surface area contributed by atoms with E-state index >= 15 is 0 Å². The molecule has 10 heteroatoms. The van der Waals surface area contributed by atoms with Gasteiger partial charge in [-0.3, -0.25) is 9.78 Å². The van der Waals surface area contributed by atoms with Gasteiger partial charge in [0.15, 0.2) is 14.9 Å². The predicted molar refractivity (Wildman–Crippen MR) is 123 cm³/mol. The molecule has 3 aromatic heterocycles. The number of hydrogen-bond acceptors (Lipinski definition) is 7. The van der Waals surface area contributed by atoms with Crippen LogP contribution in [-0.2, 0) is 16.4 Å². The molecule has 4 aromatic rings. The van der Waals surface area contributed by atoms with Gasteiger partial charge in [0.05, 0.1) is 28.3 Å². The number of sulfone groups is 1. The molecule has 0 radical (unpaired) electrons. The predicted octanol–water partition coefficient (Wildman–Crippen LogP) is 3.51. The van der Waals surface area contributed by atoms with Crippen LogP contribution >= 0.6 is 11.6 Å². The Kier molecular flexibility index (Phi) is 5.77. The lowest BCUT2D eigenvalue weighted by atomic mass is 10.1. The summed E-state index contributed by atoms with van der Waals surface area (Å²) in [5.74, 6) is -0.217. The van der Waals surface area contributed by atoms with Crippen LogP contribution in [0.25, 0.3) is 10.9 Å². The van der Waals surface area contributed by atoms with Gasteiger partial charge < -0.3 is 10.6 Å². The van der Waals surface area contributed by atoms with Crippen LogP contribution in [0.3, 0.4) is 0 Å². The number of benzene rings is 1. The molecule has 2 N–H and O–H groups in total. The van der Waals surface area contributed by atoms with Crippen LogP contribution < -0.4 is 10.6 Å². The second-order valence-corrected chi connectivity index (χ2v) is 9.45. The first-order valence-corrected chi connectivity index (χ1v) is 11.7. The van der Waals surface area contributed by atoms with Crippen molar-refractivity contribution in [2.45, 2.75) is 11.6 Å². The van der Waals surface area contributed by atoms with Crippen molar-refractivity contribution in [3.8, 4) is 0 Å². The maximum atomic E-state index is 13.4. The van der Waals surface area contributed by atoms with Gasteiger partial charge in [-0.15, -0.1) is 0 Å². The molecular formula is C22H18ClN5O3S. The van der Waals surface area contributed by atoms with E-state index in [1.54, 1.807) is 42.6 Å². The summed E-state index contributed by atoms with van der Waals surface area (Å²) in [5.41, 5.74) is 7.63. The molecule has 0 unspecified atom stereocenters. The third-order valence-electron chi connectivity index (χ3n) is 4.75. The van der Waals surface area contributed by atoms with Gasteiger partial charge >= 0.3 is 0 Å². The number of fused-ring (bicyclic) bond motifs is 1. The highest BCUT2D eigenvalue weighted by Gasteiger charge is 2.25. The number of nitrogens with two attached hydrogens (primary N) is 1. The lowest BCUT2D eigenvalue weighted by Gasteiger charge is -2.24. The first-order chi connectivity index (χ1) is 15.2. The minimum atomic E-state index is -3.70. The van der Waals surface area contributed by atoms with Crippen molar-refractivity contribution in [2.75, 3.05) is 16.9 Å². The zero-order chi connectivity index (χ0) is 22.9. The van der Waals surface area contributed by atoms with E-state index in [4.69, 9.17) is 17.3 Å². The molecule has 0 aliphatic carbocycles. The molecule has 0 fully saturated rings. The fraction of sp³-hybridized carbons (Fsp3) is 0.0909. The van der Waals surface area contributed by atoms with E-state index in [-0.39, 0.29) is 23.1 Å². The lowest BCUT2D eigenvalue weighted by Crippen LogP contribution is -2.32. The van der Waals surface area contributed by atoms with E-state index in [1.807, 2.05) is 12.1 Å². The first-order valence-electron chi connectivity index (χ1n) is 9.45. The van der Waals surface area contributed by atoms with E-state index in [1.165, 1.54) is 17.3 Å². The summed E-state index contributed by atoms with van der Waals surface area (Å²) in [5, 5.41) is 0.954. The van der Waals surface area contributed by atoms with Crippen molar-refractivity contribution in [3.63, 3.8) is 0 Å². The van der Waals surface area contributed by atoms with E-state index in [0.717, 1.165) is 11.6 Å². The molecule has 162 valence electrons. The number of carbonyl (C=O) groups excluding carboxylic acids is 1. The smallest absolute Gasteiger partial charge is 0.260 e. The summed E-state index contributed by atoms with van der Waals surface area (Å²) >= 11 is 6.05. The normalized spacial score (nSPS) is 11.4. The second kappa shape index (κ2) is 8.52. The van der Waals surface area contributed by atoms with Gasteiger partial charge in [-0.2, -0.15) is 0 Å². The van der Waals surface area contributed by atoms with Gasteiger partial charge in [0.2, 0.25) is 0 Å². The van der Waals surface area contributed by atoms with Crippen LogP contribution in [-0.4, -0.2) is 35.5 Å². The number of rotatable bonds is 5. The molecule has 4 rings (SSSR count). The van der Waals surface area contributed by atoms with Crippen LogP contribution in [0.5, 0.6) is 0 Å². The monoisotopic (exact) mass is 467 g/mol. The van der Waals surface area contributed by atoms with Gasteiger partial charge in [0, 0.05) is 30.2 Å². The number of nitrogen functional groups attached to an aromatic ring is 1. The molecule has 0 aliphatic rings. The lowest BCUT2D eigenvalue weighted by molar-refractivity contribution is 0.0984. The molecule has 0 atom stereocenters. The molecule has 0 bridgehead atoms. The summed E-state index contributed by atoms with van der Waals surface area (Å²) in [6, 6.07) is 13.5. The van der Waals surface area contributed by atoms with Crippen LogP contribution in [0.1, 0.15) is 15.9 Å². The Balaban J connectivity index is 1.83. The number of halogens is 1. The third kappa shape index (κ3) is 4.39. The number of pyridine rings is 3. The molecule has 0 saturated heterocycles. The van der Waals surface area contributed by atoms with Gasteiger partial charge in [0.1, 0.15) is 5.82 Å². The maximum Gasteiger partial charge on any atom is 0.260 e. The molecular weight excluding hydrogens is 450 g/mol. The largest absolute Gasteiger partial charge is 0.382 e. The maximum absolute atomic E-state index is 13.4. The molecule has 1 amide bonds. The summed E-state index contributed by atoms with van der Waals surface area (Å²) in [7, 11) is -3.70. The third-order valence-corrected chi connectivity index (χ3v) is 6.07. The quantitative estimate of drug-likeness (QED) is 0.477. The topological polar surface area (TPSA) is 119 Å². The summed E-state index contributed by atoms with van der Waals surface area (Å²) < 4.78 is 24.7. The Bertz CT molecular complexity index is 1430. The van der Waals surface area contributed by atoms with E-state index in [0.29, 0.717) is 21.7 Å². The average molecular weight is 468 g/mol. The Morgan fingerprint density at radius 3 is 2.62 bits per heavy atom. The van der Waals surface area contributed by atoms with Crippen molar-refractivity contribution in [1.82, 2.24) is 15.0 Å². The average Bonchev–Trinajstić information content (AvgIpc) is 2.78. The van der Waals surface area contributed by atoms with Crippen molar-refractivity contribution in [1.29, 1.82) is 0 Å². The van der Waals surface area contributed by atoms with E-state index in [2.05, 4.69) is 15.0 Å². The van der Waals surface area contributed by atoms with Crippen LogP contribution in [0.4, 0.5) is 11.5 Å². The Hall–Kier alpha value is -3.56. The standard InChI is InChI=1S/C22H18ClN5O3S/c1-32(30,31)21-19(5-3-9-26-21)28(22(29)16-4-2-8-25-12-16)13-14-6-7-15-11-17(23)20(24)27-18(15)10-14/h2-12H,13H2,1H3,(H2,24,27). The van der Waals surface area contributed by atoms with Crippen LogP contribution in [0.15, 0.2) is 72.1 Å². The number of anilines is 2. The zero-order valence-corrected chi connectivity index (χ0v) is 18.5. The van der Waals surface area contributed by atoms with Crippen LogP contribution in [0, 0.1) is 0 Å². The fourth-order valence-corrected chi connectivity index (χ4v) is 4.24. The SMILES string of the molecule is CS(=O)(=O)c1ncccc1N(Cc1ccc2cc(Cl)c(N)nc2c1)C(=O)c1cccnc1. The number of hydrogen-bond donors (Lipinski definition) is 1. The Labute approximate surface area is 189 Å². The number of amides is 1. The molecule has 0 aliphatic heterocycles. The molecule has 1 aromatic carbocycles. The number of carbonyl (C=O) groups is 1. The van der Waals surface area contributed by atoms with Gasteiger partial charge in [-0.05, 0) is 42.0 Å². The van der Waals surface area contributed by atoms with Crippen molar-refractivity contribution >= 4 is 49.8 Å². The van der Waals surface area contributed by atoms with Crippen molar-refractivity contribution in [2.24, 2.45) is 0 Å². The van der Waals surface area contributed by atoms with Gasteiger partial charge in [-0.25, -0.2) is 18.4 Å². The fourth-order valence-electron chi connectivity index (χ4n) is 3.27. The Morgan fingerprint density at radius 2 is 1.91 bits per heavy atom. The van der Waals surface area contributed by atoms with Gasteiger partial charge in [-0.1, -0.05) is 23.7 Å². The first kappa shape index (κ1) is 21.7. The minimum Gasteiger partial charge on any atom is -0.382 e. The molecule has 0 saturated carbocycles. The molecule has 3 heterocycles.